The van der Waals surface area contributed by atoms with Gasteiger partial charge >= 0.3 is 0 Å². The maximum Gasteiger partial charge on any atom is 0.229 e. The fraction of sp³-hybridized carbons (Fsp3) is 0.389. The molecule has 0 amide bonds. The van der Waals surface area contributed by atoms with Gasteiger partial charge in [-0.05, 0) is 43.3 Å². The predicted molar refractivity (Wildman–Crippen MR) is 91.9 cm³/mol. The second-order valence-corrected chi connectivity index (χ2v) is 6.44. The van der Waals surface area contributed by atoms with E-state index in [2.05, 4.69) is 52.3 Å². The van der Waals surface area contributed by atoms with Gasteiger partial charge in [-0.1, -0.05) is 25.1 Å². The van der Waals surface area contributed by atoms with Gasteiger partial charge in [-0.3, -0.25) is 4.90 Å². The molecule has 0 saturated carbocycles. The molecular weight excluding hydrogens is 302 g/mol. The van der Waals surface area contributed by atoms with Gasteiger partial charge in [0.1, 0.15) is 0 Å². The third kappa shape index (κ3) is 3.71. The zero-order chi connectivity index (χ0) is 17.1. The Morgan fingerprint density at radius 3 is 2.71 bits per heavy atom. The van der Waals surface area contributed by atoms with Gasteiger partial charge in [0, 0.05) is 24.9 Å². The third-order valence-electron chi connectivity index (χ3n) is 3.92. The van der Waals surface area contributed by atoms with Crippen molar-refractivity contribution in [2.24, 2.45) is 0 Å². The summed E-state index contributed by atoms with van der Waals surface area (Å²) in [6.07, 6.45) is 3.73. The Kier molecular flexibility index (Phi) is 4.76. The number of aryl methyl sites for hydroxylation is 1. The first kappa shape index (κ1) is 16.4. The van der Waals surface area contributed by atoms with Gasteiger partial charge in [0.15, 0.2) is 5.82 Å². The molecule has 0 spiro atoms. The maximum atomic E-state index is 5.26. The van der Waals surface area contributed by atoms with Crippen molar-refractivity contribution in [2.75, 3.05) is 7.05 Å². The maximum absolute atomic E-state index is 5.26. The van der Waals surface area contributed by atoms with E-state index < -0.39 is 0 Å². The first-order valence-corrected chi connectivity index (χ1v) is 8.13. The standard InChI is InChI=1S/C18H23N5O/c1-13(2)18-20-17(21-24-18)12-22(4)11-15-6-7-16(10-14(15)3)23-9-5-8-19-23/h5-10,13H,11-12H2,1-4H3. The molecule has 0 saturated heterocycles. The van der Waals surface area contributed by atoms with E-state index in [4.69, 9.17) is 4.52 Å². The van der Waals surface area contributed by atoms with Crippen molar-refractivity contribution in [1.29, 1.82) is 0 Å². The van der Waals surface area contributed by atoms with Crippen molar-refractivity contribution in [3.8, 4) is 5.69 Å². The molecule has 2 aromatic heterocycles. The average Bonchev–Trinajstić information content (AvgIpc) is 3.20. The van der Waals surface area contributed by atoms with Crippen LogP contribution in [-0.4, -0.2) is 31.9 Å². The zero-order valence-corrected chi connectivity index (χ0v) is 14.6. The van der Waals surface area contributed by atoms with E-state index in [-0.39, 0.29) is 5.92 Å². The van der Waals surface area contributed by atoms with Gasteiger partial charge in [0.2, 0.25) is 5.89 Å². The highest BCUT2D eigenvalue weighted by atomic mass is 16.5. The Morgan fingerprint density at radius 1 is 1.25 bits per heavy atom. The van der Waals surface area contributed by atoms with Crippen molar-refractivity contribution >= 4 is 0 Å². The smallest absolute Gasteiger partial charge is 0.229 e. The molecule has 6 nitrogen and oxygen atoms in total. The van der Waals surface area contributed by atoms with Gasteiger partial charge < -0.3 is 4.52 Å². The molecule has 0 atom stereocenters. The Bertz CT molecular complexity index is 792. The van der Waals surface area contributed by atoms with Crippen LogP contribution in [0.25, 0.3) is 5.69 Å². The van der Waals surface area contributed by atoms with Crippen molar-refractivity contribution in [1.82, 2.24) is 24.8 Å². The minimum Gasteiger partial charge on any atom is -0.339 e. The number of benzene rings is 1. The zero-order valence-electron chi connectivity index (χ0n) is 14.6. The monoisotopic (exact) mass is 325 g/mol. The summed E-state index contributed by atoms with van der Waals surface area (Å²) in [4.78, 5) is 6.62. The van der Waals surface area contributed by atoms with Crippen molar-refractivity contribution in [3.63, 3.8) is 0 Å². The van der Waals surface area contributed by atoms with Crippen molar-refractivity contribution in [2.45, 2.75) is 39.8 Å². The quantitative estimate of drug-likeness (QED) is 0.696. The molecule has 126 valence electrons. The molecule has 3 aromatic rings. The number of nitrogens with zero attached hydrogens (tertiary/aromatic N) is 5. The highest BCUT2D eigenvalue weighted by Gasteiger charge is 2.12. The minimum atomic E-state index is 0.258. The van der Waals surface area contributed by atoms with Crippen LogP contribution in [0.4, 0.5) is 0 Å². The van der Waals surface area contributed by atoms with Crippen LogP contribution in [0.1, 0.15) is 42.6 Å². The molecule has 0 aliphatic rings. The molecule has 0 bridgehead atoms. The Hall–Kier alpha value is -2.47. The van der Waals surface area contributed by atoms with Crippen LogP contribution in [0, 0.1) is 6.92 Å². The normalized spacial score (nSPS) is 11.6. The first-order valence-electron chi connectivity index (χ1n) is 8.13. The second kappa shape index (κ2) is 6.97. The molecule has 3 rings (SSSR count). The van der Waals surface area contributed by atoms with Crippen molar-refractivity contribution < 1.29 is 4.52 Å². The minimum absolute atomic E-state index is 0.258. The third-order valence-corrected chi connectivity index (χ3v) is 3.92. The molecular formula is C18H23N5O. The highest BCUT2D eigenvalue weighted by molar-refractivity contribution is 5.39. The lowest BCUT2D eigenvalue weighted by Crippen LogP contribution is -2.18. The molecule has 24 heavy (non-hydrogen) atoms. The Labute approximate surface area is 142 Å². The number of rotatable bonds is 6. The van der Waals surface area contributed by atoms with Gasteiger partial charge in [-0.25, -0.2) is 4.68 Å². The van der Waals surface area contributed by atoms with Crippen LogP contribution < -0.4 is 0 Å². The topological polar surface area (TPSA) is 60.0 Å². The number of aromatic nitrogens is 4. The highest BCUT2D eigenvalue weighted by Crippen LogP contribution is 2.17. The molecule has 0 fully saturated rings. The van der Waals surface area contributed by atoms with Crippen LogP contribution >= 0.6 is 0 Å². The fourth-order valence-electron chi connectivity index (χ4n) is 2.58. The van der Waals surface area contributed by atoms with E-state index in [0.29, 0.717) is 12.4 Å². The molecule has 0 radical (unpaired) electrons. The average molecular weight is 325 g/mol. The number of hydrogen-bond acceptors (Lipinski definition) is 5. The lowest BCUT2D eigenvalue weighted by atomic mass is 10.1. The summed E-state index contributed by atoms with van der Waals surface area (Å²) in [5.74, 6) is 1.68. The Morgan fingerprint density at radius 2 is 2.08 bits per heavy atom. The SMILES string of the molecule is Cc1cc(-n2cccn2)ccc1CN(C)Cc1noc(C(C)C)n1. The molecule has 6 heteroatoms. The summed E-state index contributed by atoms with van der Waals surface area (Å²) < 4.78 is 7.13. The van der Waals surface area contributed by atoms with E-state index in [1.54, 1.807) is 6.20 Å². The summed E-state index contributed by atoms with van der Waals surface area (Å²) in [6, 6.07) is 8.32. The van der Waals surface area contributed by atoms with Gasteiger partial charge in [0.25, 0.3) is 0 Å². The van der Waals surface area contributed by atoms with E-state index >= 15 is 0 Å². The second-order valence-electron chi connectivity index (χ2n) is 6.44. The van der Waals surface area contributed by atoms with E-state index in [0.717, 1.165) is 18.1 Å². The van der Waals surface area contributed by atoms with Crippen LogP contribution in [-0.2, 0) is 13.1 Å². The molecule has 2 heterocycles. The molecule has 1 aromatic carbocycles. The van der Waals surface area contributed by atoms with Crippen LogP contribution in [0.2, 0.25) is 0 Å². The van der Waals surface area contributed by atoms with Gasteiger partial charge in [-0.2, -0.15) is 10.1 Å². The van der Waals surface area contributed by atoms with Crippen LogP contribution in [0.3, 0.4) is 0 Å². The fourth-order valence-corrected chi connectivity index (χ4v) is 2.58. The summed E-state index contributed by atoms with van der Waals surface area (Å²) in [6.45, 7) is 7.71. The molecule has 0 aliphatic heterocycles. The summed E-state index contributed by atoms with van der Waals surface area (Å²) in [5.41, 5.74) is 3.59. The first-order chi connectivity index (χ1) is 11.5. The van der Waals surface area contributed by atoms with E-state index in [9.17, 15) is 0 Å². The van der Waals surface area contributed by atoms with E-state index in [1.807, 2.05) is 30.8 Å². The summed E-state index contributed by atoms with van der Waals surface area (Å²) in [7, 11) is 2.06. The Balaban J connectivity index is 1.66. The van der Waals surface area contributed by atoms with Crippen molar-refractivity contribution in [3.05, 3.63) is 59.5 Å². The molecule has 0 N–H and O–H groups in total. The predicted octanol–water partition coefficient (Wildman–Crippen LogP) is 3.32. The van der Waals surface area contributed by atoms with Gasteiger partial charge in [0.05, 0.1) is 12.2 Å². The van der Waals surface area contributed by atoms with Gasteiger partial charge in [-0.15, -0.1) is 0 Å². The van der Waals surface area contributed by atoms with E-state index in [1.165, 1.54) is 11.1 Å². The summed E-state index contributed by atoms with van der Waals surface area (Å²) in [5, 5.41) is 8.32. The van der Waals surface area contributed by atoms with Crippen LogP contribution in [0.5, 0.6) is 0 Å². The van der Waals surface area contributed by atoms with Crippen LogP contribution in [0.15, 0.2) is 41.2 Å². The number of hydrogen-bond donors (Lipinski definition) is 0. The molecule has 0 aliphatic carbocycles. The lowest BCUT2D eigenvalue weighted by molar-refractivity contribution is 0.298. The largest absolute Gasteiger partial charge is 0.339 e. The lowest BCUT2D eigenvalue weighted by Gasteiger charge is -2.16. The molecule has 0 unspecified atom stereocenters. The summed E-state index contributed by atoms with van der Waals surface area (Å²) >= 11 is 0.